The van der Waals surface area contributed by atoms with Crippen LogP contribution in [0.15, 0.2) is 47.5 Å². The first kappa shape index (κ1) is 13.7. The number of pyridine rings is 1. The average molecular weight is 274 g/mol. The fourth-order valence-corrected chi connectivity index (χ4v) is 2.47. The van der Waals surface area contributed by atoms with Crippen LogP contribution in [0.2, 0.25) is 0 Å². The van der Waals surface area contributed by atoms with E-state index in [4.69, 9.17) is 4.74 Å². The second-order valence-electron chi connectivity index (χ2n) is 4.05. The maximum absolute atomic E-state index is 5.14. The number of hydrogen-bond donors (Lipinski definition) is 1. The number of rotatable bonds is 6. The number of methoxy groups -OCH3 is 1. The third-order valence-corrected chi connectivity index (χ3v) is 3.73. The van der Waals surface area contributed by atoms with Gasteiger partial charge in [-0.1, -0.05) is 6.07 Å². The SMILES string of the molecule is CCNc1ccc(CSc2ccc(OC)cc2)cn1. The van der Waals surface area contributed by atoms with Crippen LogP contribution in [0.1, 0.15) is 12.5 Å². The summed E-state index contributed by atoms with van der Waals surface area (Å²) in [5.74, 6) is 2.74. The van der Waals surface area contributed by atoms with Gasteiger partial charge in [0.2, 0.25) is 0 Å². The smallest absolute Gasteiger partial charge is 0.125 e. The van der Waals surface area contributed by atoms with Gasteiger partial charge in [0.25, 0.3) is 0 Å². The second-order valence-corrected chi connectivity index (χ2v) is 5.09. The van der Waals surface area contributed by atoms with E-state index in [-0.39, 0.29) is 0 Å². The number of hydrogen-bond acceptors (Lipinski definition) is 4. The summed E-state index contributed by atoms with van der Waals surface area (Å²) in [7, 11) is 1.68. The van der Waals surface area contributed by atoms with E-state index in [2.05, 4.69) is 35.4 Å². The minimum atomic E-state index is 0.890. The number of benzene rings is 1. The lowest BCUT2D eigenvalue weighted by molar-refractivity contribution is 0.414. The molecule has 4 heteroatoms. The van der Waals surface area contributed by atoms with E-state index in [0.29, 0.717) is 0 Å². The maximum atomic E-state index is 5.14. The molecule has 1 N–H and O–H groups in total. The molecule has 0 saturated heterocycles. The number of ether oxygens (including phenoxy) is 1. The first-order valence-corrected chi connectivity index (χ1v) is 7.26. The molecule has 0 amide bonds. The summed E-state index contributed by atoms with van der Waals surface area (Å²) in [4.78, 5) is 5.60. The minimum Gasteiger partial charge on any atom is -0.497 e. The van der Waals surface area contributed by atoms with Crippen LogP contribution in [0.4, 0.5) is 5.82 Å². The number of anilines is 1. The molecule has 1 aromatic carbocycles. The molecular weight excluding hydrogens is 256 g/mol. The van der Waals surface area contributed by atoms with Crippen molar-refractivity contribution >= 4 is 17.6 Å². The molecule has 2 rings (SSSR count). The molecule has 0 spiro atoms. The van der Waals surface area contributed by atoms with Gasteiger partial charge in [-0.3, -0.25) is 0 Å². The van der Waals surface area contributed by atoms with Crippen LogP contribution in [0.3, 0.4) is 0 Å². The van der Waals surface area contributed by atoms with Crippen LogP contribution in [0.5, 0.6) is 5.75 Å². The van der Waals surface area contributed by atoms with Crippen LogP contribution in [0, 0.1) is 0 Å². The monoisotopic (exact) mass is 274 g/mol. The number of aromatic nitrogens is 1. The van der Waals surface area contributed by atoms with Crippen LogP contribution in [-0.2, 0) is 5.75 Å². The molecule has 0 aliphatic carbocycles. The lowest BCUT2D eigenvalue weighted by atomic mass is 10.3. The summed E-state index contributed by atoms with van der Waals surface area (Å²) in [6.45, 7) is 2.96. The number of nitrogens with zero attached hydrogens (tertiary/aromatic N) is 1. The van der Waals surface area contributed by atoms with Crippen molar-refractivity contribution in [3.63, 3.8) is 0 Å². The molecule has 0 fully saturated rings. The van der Waals surface area contributed by atoms with Crippen molar-refractivity contribution in [3.8, 4) is 5.75 Å². The van der Waals surface area contributed by atoms with Crippen molar-refractivity contribution in [2.45, 2.75) is 17.6 Å². The molecule has 0 radical (unpaired) electrons. The van der Waals surface area contributed by atoms with Gasteiger partial charge in [-0.2, -0.15) is 0 Å². The highest BCUT2D eigenvalue weighted by atomic mass is 32.2. The molecule has 0 atom stereocenters. The third kappa shape index (κ3) is 4.17. The molecular formula is C15H18N2OS. The topological polar surface area (TPSA) is 34.1 Å². The molecule has 0 aliphatic rings. The van der Waals surface area contributed by atoms with Crippen molar-refractivity contribution in [3.05, 3.63) is 48.2 Å². The lowest BCUT2D eigenvalue weighted by Crippen LogP contribution is -1.98. The predicted molar refractivity (Wildman–Crippen MR) is 81.0 cm³/mol. The average Bonchev–Trinajstić information content (AvgIpc) is 2.47. The molecule has 3 nitrogen and oxygen atoms in total. The third-order valence-electron chi connectivity index (χ3n) is 2.65. The molecule has 1 aromatic heterocycles. The van der Waals surface area contributed by atoms with Crippen LogP contribution in [0.25, 0.3) is 0 Å². The van der Waals surface area contributed by atoms with E-state index in [9.17, 15) is 0 Å². The standard InChI is InChI=1S/C15H18N2OS/c1-3-16-15-9-4-12(10-17-15)11-19-14-7-5-13(18-2)6-8-14/h4-10H,3,11H2,1-2H3,(H,16,17). The summed E-state index contributed by atoms with van der Waals surface area (Å²) in [5.41, 5.74) is 1.22. The Morgan fingerprint density at radius 1 is 1.16 bits per heavy atom. The first-order valence-electron chi connectivity index (χ1n) is 6.27. The molecule has 19 heavy (non-hydrogen) atoms. The summed E-state index contributed by atoms with van der Waals surface area (Å²) < 4.78 is 5.14. The summed E-state index contributed by atoms with van der Waals surface area (Å²) in [5, 5.41) is 3.19. The van der Waals surface area contributed by atoms with Crippen LogP contribution < -0.4 is 10.1 Å². The molecule has 100 valence electrons. The number of nitrogens with one attached hydrogen (secondary N) is 1. The Balaban J connectivity index is 1.90. The van der Waals surface area contributed by atoms with Crippen molar-refractivity contribution in [1.82, 2.24) is 4.98 Å². The van der Waals surface area contributed by atoms with Gasteiger partial charge in [0.15, 0.2) is 0 Å². The fourth-order valence-electron chi connectivity index (χ4n) is 1.63. The highest BCUT2D eigenvalue weighted by Gasteiger charge is 1.98. The summed E-state index contributed by atoms with van der Waals surface area (Å²) >= 11 is 1.80. The Morgan fingerprint density at radius 3 is 2.53 bits per heavy atom. The Morgan fingerprint density at radius 2 is 1.95 bits per heavy atom. The normalized spacial score (nSPS) is 10.2. The lowest BCUT2D eigenvalue weighted by Gasteiger charge is -2.05. The highest BCUT2D eigenvalue weighted by Crippen LogP contribution is 2.24. The Labute approximate surface area is 118 Å². The van der Waals surface area contributed by atoms with E-state index < -0.39 is 0 Å². The molecule has 1 heterocycles. The Hall–Kier alpha value is -1.68. The zero-order chi connectivity index (χ0) is 13.5. The molecule has 0 saturated carbocycles. The van der Waals surface area contributed by atoms with Gasteiger partial charge in [-0.05, 0) is 42.8 Å². The van der Waals surface area contributed by atoms with Gasteiger partial charge in [-0.15, -0.1) is 11.8 Å². The largest absolute Gasteiger partial charge is 0.497 e. The van der Waals surface area contributed by atoms with Crippen molar-refractivity contribution in [1.29, 1.82) is 0 Å². The maximum Gasteiger partial charge on any atom is 0.125 e. The highest BCUT2D eigenvalue weighted by molar-refractivity contribution is 7.98. The molecule has 0 bridgehead atoms. The van der Waals surface area contributed by atoms with E-state index in [1.165, 1.54) is 10.5 Å². The predicted octanol–water partition coefficient (Wildman–Crippen LogP) is 3.81. The Bertz CT molecular complexity index is 497. The van der Waals surface area contributed by atoms with Crippen molar-refractivity contribution in [2.75, 3.05) is 19.0 Å². The zero-order valence-corrected chi connectivity index (χ0v) is 12.0. The van der Waals surface area contributed by atoms with Crippen molar-refractivity contribution in [2.24, 2.45) is 0 Å². The molecule has 0 unspecified atom stereocenters. The van der Waals surface area contributed by atoms with E-state index in [1.54, 1.807) is 18.9 Å². The van der Waals surface area contributed by atoms with Gasteiger partial charge >= 0.3 is 0 Å². The molecule has 2 aromatic rings. The minimum absolute atomic E-state index is 0.890. The van der Waals surface area contributed by atoms with Gasteiger partial charge in [-0.25, -0.2) is 4.98 Å². The van der Waals surface area contributed by atoms with Crippen molar-refractivity contribution < 1.29 is 4.74 Å². The summed E-state index contributed by atoms with van der Waals surface area (Å²) in [6, 6.07) is 12.2. The van der Waals surface area contributed by atoms with Gasteiger partial charge in [0, 0.05) is 23.4 Å². The van der Waals surface area contributed by atoms with E-state index in [1.807, 2.05) is 24.4 Å². The number of thioether (sulfide) groups is 1. The van der Waals surface area contributed by atoms with Gasteiger partial charge in [0.05, 0.1) is 7.11 Å². The zero-order valence-electron chi connectivity index (χ0n) is 11.2. The van der Waals surface area contributed by atoms with Gasteiger partial charge < -0.3 is 10.1 Å². The first-order chi connectivity index (χ1) is 9.31. The molecule has 0 aliphatic heterocycles. The van der Waals surface area contributed by atoms with Crippen LogP contribution in [-0.4, -0.2) is 18.6 Å². The summed E-state index contributed by atoms with van der Waals surface area (Å²) in [6.07, 6.45) is 1.93. The van der Waals surface area contributed by atoms with Gasteiger partial charge in [0.1, 0.15) is 11.6 Å². The second kappa shape index (κ2) is 7.04. The van der Waals surface area contributed by atoms with E-state index in [0.717, 1.165) is 23.9 Å². The van der Waals surface area contributed by atoms with E-state index >= 15 is 0 Å². The fraction of sp³-hybridized carbons (Fsp3) is 0.267. The van der Waals surface area contributed by atoms with Crippen LogP contribution >= 0.6 is 11.8 Å². The quantitative estimate of drug-likeness (QED) is 0.812. The Kier molecular flexibility index (Phi) is 5.10.